The quantitative estimate of drug-likeness (QED) is 0.707. The number of hydrogen-bond donors (Lipinski definition) is 2. The van der Waals surface area contributed by atoms with Crippen molar-refractivity contribution in [3.8, 4) is 0 Å². The van der Waals surface area contributed by atoms with Gasteiger partial charge in [0.2, 0.25) is 5.91 Å². The summed E-state index contributed by atoms with van der Waals surface area (Å²) >= 11 is 0. The van der Waals surface area contributed by atoms with Crippen molar-refractivity contribution in [3.63, 3.8) is 0 Å². The molecule has 1 rings (SSSR count). The maximum Gasteiger partial charge on any atom is 0.237 e. The molecule has 1 fully saturated rings. The van der Waals surface area contributed by atoms with E-state index in [2.05, 4.69) is 24.1 Å². The van der Waals surface area contributed by atoms with Gasteiger partial charge in [-0.15, -0.1) is 0 Å². The molecule has 4 heteroatoms. The highest BCUT2D eigenvalue weighted by atomic mass is 16.2. The van der Waals surface area contributed by atoms with Crippen molar-refractivity contribution in [3.05, 3.63) is 0 Å². The second kappa shape index (κ2) is 6.08. The maximum absolute atomic E-state index is 11.8. The fraction of sp³-hybridized carbons (Fsp3) is 0.909. The van der Waals surface area contributed by atoms with Crippen molar-refractivity contribution in [2.45, 2.75) is 45.2 Å². The van der Waals surface area contributed by atoms with Crippen molar-refractivity contribution >= 4 is 5.91 Å². The molecule has 1 unspecified atom stereocenters. The molecule has 1 heterocycles. The van der Waals surface area contributed by atoms with Crippen LogP contribution in [0.1, 0.15) is 33.1 Å². The highest BCUT2D eigenvalue weighted by Crippen LogP contribution is 2.14. The zero-order chi connectivity index (χ0) is 11.3. The third-order valence-electron chi connectivity index (χ3n) is 2.96. The standard InChI is InChI=1S/C11H23N3O/c1-9(2)14(8-6-12)10-5-3-4-7-13-11(10)15/h9-10H,3-8,12H2,1-2H3,(H,13,15). The number of carbonyl (C=O) groups excluding carboxylic acids is 1. The number of hydrogen-bond acceptors (Lipinski definition) is 3. The first-order valence-electron chi connectivity index (χ1n) is 5.90. The number of nitrogens with one attached hydrogen (secondary N) is 1. The van der Waals surface area contributed by atoms with E-state index in [-0.39, 0.29) is 11.9 Å². The van der Waals surface area contributed by atoms with Crippen LogP contribution in [0, 0.1) is 0 Å². The van der Waals surface area contributed by atoms with Crippen LogP contribution in [0.2, 0.25) is 0 Å². The second-order valence-electron chi connectivity index (χ2n) is 4.42. The first-order valence-corrected chi connectivity index (χ1v) is 5.90. The molecule has 1 aliphatic heterocycles. The molecular formula is C11H23N3O. The van der Waals surface area contributed by atoms with E-state index in [1.165, 1.54) is 0 Å². The van der Waals surface area contributed by atoms with Gasteiger partial charge in [0.1, 0.15) is 0 Å². The van der Waals surface area contributed by atoms with Crippen LogP contribution in [0.25, 0.3) is 0 Å². The van der Waals surface area contributed by atoms with Gasteiger partial charge in [0.15, 0.2) is 0 Å². The first-order chi connectivity index (χ1) is 7.16. The molecule has 1 amide bonds. The molecule has 1 saturated heterocycles. The number of nitrogens with zero attached hydrogens (tertiary/aromatic N) is 1. The van der Waals surface area contributed by atoms with E-state index in [1.54, 1.807) is 0 Å². The number of carbonyl (C=O) groups is 1. The summed E-state index contributed by atoms with van der Waals surface area (Å²) in [6.45, 7) is 6.48. The Morgan fingerprint density at radius 2 is 2.27 bits per heavy atom. The minimum absolute atomic E-state index is 0.0241. The molecule has 0 aliphatic carbocycles. The van der Waals surface area contributed by atoms with E-state index in [0.717, 1.165) is 32.4 Å². The topological polar surface area (TPSA) is 58.4 Å². The Labute approximate surface area is 92.2 Å². The fourth-order valence-electron chi connectivity index (χ4n) is 2.16. The highest BCUT2D eigenvalue weighted by molar-refractivity contribution is 5.81. The Balaban J connectivity index is 2.66. The monoisotopic (exact) mass is 213 g/mol. The highest BCUT2D eigenvalue weighted by Gasteiger charge is 2.28. The summed E-state index contributed by atoms with van der Waals surface area (Å²) in [5.74, 6) is 0.176. The normalized spacial score (nSPS) is 23.0. The van der Waals surface area contributed by atoms with Crippen LogP contribution < -0.4 is 11.1 Å². The molecule has 0 aromatic carbocycles. The Kier molecular flexibility index (Phi) is 5.05. The molecule has 0 aromatic heterocycles. The smallest absolute Gasteiger partial charge is 0.237 e. The molecule has 1 atom stereocenters. The van der Waals surface area contributed by atoms with Gasteiger partial charge < -0.3 is 11.1 Å². The van der Waals surface area contributed by atoms with Crippen molar-refractivity contribution in [2.75, 3.05) is 19.6 Å². The molecule has 3 N–H and O–H groups in total. The van der Waals surface area contributed by atoms with Crippen molar-refractivity contribution in [2.24, 2.45) is 5.73 Å². The minimum atomic E-state index is 0.0241. The fourth-order valence-corrected chi connectivity index (χ4v) is 2.16. The Hall–Kier alpha value is -0.610. The van der Waals surface area contributed by atoms with E-state index < -0.39 is 0 Å². The third kappa shape index (κ3) is 3.47. The molecule has 15 heavy (non-hydrogen) atoms. The lowest BCUT2D eigenvalue weighted by Gasteiger charge is -2.32. The minimum Gasteiger partial charge on any atom is -0.355 e. The van der Waals surface area contributed by atoms with Crippen LogP contribution >= 0.6 is 0 Å². The van der Waals surface area contributed by atoms with Crippen molar-refractivity contribution in [1.82, 2.24) is 10.2 Å². The summed E-state index contributed by atoms with van der Waals surface area (Å²) in [6.07, 6.45) is 3.18. The van der Waals surface area contributed by atoms with Gasteiger partial charge in [0, 0.05) is 25.7 Å². The molecule has 0 radical (unpaired) electrons. The Bertz CT molecular complexity index is 206. The Morgan fingerprint density at radius 1 is 1.53 bits per heavy atom. The Morgan fingerprint density at radius 3 is 2.87 bits per heavy atom. The molecule has 0 aromatic rings. The van der Waals surface area contributed by atoms with Crippen molar-refractivity contribution in [1.29, 1.82) is 0 Å². The summed E-state index contributed by atoms with van der Waals surface area (Å²) in [4.78, 5) is 14.1. The van der Waals surface area contributed by atoms with Gasteiger partial charge >= 0.3 is 0 Å². The average Bonchev–Trinajstić information content (AvgIpc) is 2.39. The summed E-state index contributed by atoms with van der Waals surface area (Å²) < 4.78 is 0. The van der Waals surface area contributed by atoms with Crippen LogP contribution in [-0.2, 0) is 4.79 Å². The molecule has 4 nitrogen and oxygen atoms in total. The van der Waals surface area contributed by atoms with Crippen LogP contribution in [0.15, 0.2) is 0 Å². The summed E-state index contributed by atoms with van der Waals surface area (Å²) in [6, 6.07) is 0.401. The SMILES string of the molecule is CC(C)N(CCN)C1CCCCNC1=O. The zero-order valence-electron chi connectivity index (χ0n) is 9.83. The van der Waals surface area contributed by atoms with Gasteiger partial charge in [-0.25, -0.2) is 0 Å². The second-order valence-corrected chi connectivity index (χ2v) is 4.42. The van der Waals surface area contributed by atoms with E-state index in [9.17, 15) is 4.79 Å². The van der Waals surface area contributed by atoms with Crippen molar-refractivity contribution < 1.29 is 4.79 Å². The van der Waals surface area contributed by atoms with Gasteiger partial charge in [-0.1, -0.05) is 0 Å². The molecule has 1 aliphatic rings. The van der Waals surface area contributed by atoms with Crippen LogP contribution in [-0.4, -0.2) is 42.5 Å². The lowest BCUT2D eigenvalue weighted by Crippen LogP contribution is -2.50. The lowest BCUT2D eigenvalue weighted by molar-refractivity contribution is -0.126. The van der Waals surface area contributed by atoms with Crippen LogP contribution in [0.4, 0.5) is 0 Å². The first kappa shape index (κ1) is 12.5. The zero-order valence-corrected chi connectivity index (χ0v) is 9.83. The van der Waals surface area contributed by atoms with Gasteiger partial charge in [0.05, 0.1) is 6.04 Å². The summed E-state index contributed by atoms with van der Waals surface area (Å²) in [7, 11) is 0. The molecular weight excluding hydrogens is 190 g/mol. The number of rotatable bonds is 4. The third-order valence-corrected chi connectivity index (χ3v) is 2.96. The maximum atomic E-state index is 11.8. The summed E-state index contributed by atoms with van der Waals surface area (Å²) in [5, 5.41) is 2.97. The molecule has 0 spiro atoms. The van der Waals surface area contributed by atoms with E-state index in [0.29, 0.717) is 12.6 Å². The lowest BCUT2D eigenvalue weighted by atomic mass is 10.1. The largest absolute Gasteiger partial charge is 0.355 e. The molecule has 88 valence electrons. The average molecular weight is 213 g/mol. The molecule has 0 bridgehead atoms. The van der Waals surface area contributed by atoms with Gasteiger partial charge in [-0.05, 0) is 33.1 Å². The van der Waals surface area contributed by atoms with Gasteiger partial charge in [-0.3, -0.25) is 9.69 Å². The predicted octanol–water partition coefficient (Wildman–Crippen LogP) is 0.324. The van der Waals surface area contributed by atoms with E-state index in [1.807, 2.05) is 0 Å². The summed E-state index contributed by atoms with van der Waals surface area (Å²) in [5.41, 5.74) is 5.59. The van der Waals surface area contributed by atoms with Gasteiger partial charge in [-0.2, -0.15) is 0 Å². The van der Waals surface area contributed by atoms with E-state index in [4.69, 9.17) is 5.73 Å². The van der Waals surface area contributed by atoms with E-state index >= 15 is 0 Å². The molecule has 0 saturated carbocycles. The van der Waals surface area contributed by atoms with Gasteiger partial charge in [0.25, 0.3) is 0 Å². The van der Waals surface area contributed by atoms with Crippen LogP contribution in [0.3, 0.4) is 0 Å². The van der Waals surface area contributed by atoms with Crippen LogP contribution in [0.5, 0.6) is 0 Å². The predicted molar refractivity (Wildman–Crippen MR) is 61.5 cm³/mol. The number of amides is 1. The number of nitrogens with two attached hydrogens (primary N) is 1.